The van der Waals surface area contributed by atoms with Crippen molar-refractivity contribution in [3.05, 3.63) is 29.8 Å². The zero-order valence-electron chi connectivity index (χ0n) is 12.5. The van der Waals surface area contributed by atoms with Gasteiger partial charge in [0.2, 0.25) is 0 Å². The zero-order valence-corrected chi connectivity index (χ0v) is 12.5. The van der Waals surface area contributed by atoms with Gasteiger partial charge in [-0.2, -0.15) is 0 Å². The Kier molecular flexibility index (Phi) is 7.73. The predicted octanol–water partition coefficient (Wildman–Crippen LogP) is 4.05. The summed E-state index contributed by atoms with van der Waals surface area (Å²) >= 11 is 0. The van der Waals surface area contributed by atoms with Crippen molar-refractivity contribution < 1.29 is 9.53 Å². The average Bonchev–Trinajstić information content (AvgIpc) is 2.44. The molecule has 1 rings (SSSR count). The van der Waals surface area contributed by atoms with Crippen molar-refractivity contribution in [3.63, 3.8) is 0 Å². The van der Waals surface area contributed by atoms with E-state index in [1.807, 2.05) is 31.2 Å². The lowest BCUT2D eigenvalue weighted by Gasteiger charge is -2.14. The third-order valence-corrected chi connectivity index (χ3v) is 3.21. The average molecular weight is 278 g/mol. The molecule has 0 bridgehead atoms. The van der Waals surface area contributed by atoms with E-state index in [1.54, 1.807) is 0 Å². The molecule has 20 heavy (non-hydrogen) atoms. The van der Waals surface area contributed by atoms with Crippen molar-refractivity contribution in [2.45, 2.75) is 58.6 Å². The number of amides is 1. The van der Waals surface area contributed by atoms with Crippen molar-refractivity contribution in [1.82, 2.24) is 0 Å². The number of rotatable bonds is 8. The highest BCUT2D eigenvalue weighted by molar-refractivity contribution is 5.84. The Hall–Kier alpha value is -1.55. The first-order valence-electron chi connectivity index (χ1n) is 7.42. The van der Waals surface area contributed by atoms with Gasteiger partial charge in [0.1, 0.15) is 6.10 Å². The summed E-state index contributed by atoms with van der Waals surface area (Å²) in [5.41, 5.74) is 7.29. The van der Waals surface area contributed by atoms with Crippen molar-refractivity contribution >= 4 is 11.8 Å². The van der Waals surface area contributed by atoms with Crippen molar-refractivity contribution in [3.8, 4) is 0 Å². The maximum Gasteiger partial charge on any atom is 0.411 e. The second-order valence-corrected chi connectivity index (χ2v) is 5.09. The van der Waals surface area contributed by atoms with E-state index in [2.05, 4.69) is 12.2 Å². The third-order valence-electron chi connectivity index (χ3n) is 3.21. The van der Waals surface area contributed by atoms with Crippen LogP contribution in [0.15, 0.2) is 24.3 Å². The molecule has 0 aliphatic heterocycles. The highest BCUT2D eigenvalue weighted by Crippen LogP contribution is 2.12. The monoisotopic (exact) mass is 278 g/mol. The number of unbranched alkanes of at least 4 members (excludes halogenated alkanes) is 3. The number of anilines is 1. The normalized spacial score (nSPS) is 11.9. The molecule has 0 saturated heterocycles. The van der Waals surface area contributed by atoms with Gasteiger partial charge in [0.25, 0.3) is 0 Å². The summed E-state index contributed by atoms with van der Waals surface area (Å²) in [6, 6.07) is 7.44. The van der Waals surface area contributed by atoms with Crippen LogP contribution >= 0.6 is 0 Å². The maximum atomic E-state index is 11.7. The molecular weight excluding hydrogens is 252 g/mol. The van der Waals surface area contributed by atoms with Gasteiger partial charge in [0, 0.05) is 12.2 Å². The van der Waals surface area contributed by atoms with E-state index in [0.717, 1.165) is 24.1 Å². The molecule has 0 saturated carbocycles. The number of ether oxygens (including phenoxy) is 1. The van der Waals surface area contributed by atoms with Crippen LogP contribution in [0.2, 0.25) is 0 Å². The van der Waals surface area contributed by atoms with Gasteiger partial charge in [-0.1, -0.05) is 38.3 Å². The van der Waals surface area contributed by atoms with E-state index in [-0.39, 0.29) is 6.10 Å². The van der Waals surface area contributed by atoms with Gasteiger partial charge in [-0.25, -0.2) is 4.79 Å². The largest absolute Gasteiger partial charge is 0.446 e. The Bertz CT molecular complexity index is 390. The van der Waals surface area contributed by atoms with Crippen LogP contribution in [-0.2, 0) is 11.3 Å². The van der Waals surface area contributed by atoms with Crippen LogP contribution in [-0.4, -0.2) is 12.2 Å². The molecule has 0 aromatic heterocycles. The molecule has 3 N–H and O–H groups in total. The Morgan fingerprint density at radius 3 is 2.55 bits per heavy atom. The minimum Gasteiger partial charge on any atom is -0.446 e. The molecule has 4 nitrogen and oxygen atoms in total. The molecular formula is C16H26N2O2. The standard InChI is InChI=1S/C16H26N2O2/c1-3-4-5-6-7-13(2)20-16(19)18-15-10-8-14(12-17)9-11-15/h8-11,13H,3-7,12,17H2,1-2H3,(H,18,19). The molecule has 1 amide bonds. The molecule has 0 aliphatic carbocycles. The van der Waals surface area contributed by atoms with Crippen molar-refractivity contribution in [2.24, 2.45) is 5.73 Å². The smallest absolute Gasteiger partial charge is 0.411 e. The molecule has 0 heterocycles. The zero-order chi connectivity index (χ0) is 14.8. The van der Waals surface area contributed by atoms with E-state index in [1.165, 1.54) is 19.3 Å². The van der Waals surface area contributed by atoms with E-state index < -0.39 is 6.09 Å². The van der Waals surface area contributed by atoms with E-state index in [4.69, 9.17) is 10.5 Å². The first-order valence-corrected chi connectivity index (χ1v) is 7.42. The minimum absolute atomic E-state index is 0.0461. The Morgan fingerprint density at radius 2 is 1.95 bits per heavy atom. The predicted molar refractivity (Wildman–Crippen MR) is 82.7 cm³/mol. The Balaban J connectivity index is 2.27. The van der Waals surface area contributed by atoms with Crippen LogP contribution in [0, 0.1) is 0 Å². The summed E-state index contributed by atoms with van der Waals surface area (Å²) in [7, 11) is 0. The topological polar surface area (TPSA) is 64.3 Å². The quantitative estimate of drug-likeness (QED) is 0.705. The summed E-state index contributed by atoms with van der Waals surface area (Å²) in [5.74, 6) is 0. The summed E-state index contributed by atoms with van der Waals surface area (Å²) in [6.07, 6.45) is 5.24. The summed E-state index contributed by atoms with van der Waals surface area (Å²) in [5, 5.41) is 2.72. The number of hydrogen-bond donors (Lipinski definition) is 2. The van der Waals surface area contributed by atoms with Crippen LogP contribution in [0.5, 0.6) is 0 Å². The maximum absolute atomic E-state index is 11.7. The molecule has 112 valence electrons. The van der Waals surface area contributed by atoms with Gasteiger partial charge in [-0.15, -0.1) is 0 Å². The van der Waals surface area contributed by atoms with Crippen molar-refractivity contribution in [1.29, 1.82) is 0 Å². The van der Waals surface area contributed by atoms with Crippen LogP contribution in [0.25, 0.3) is 0 Å². The summed E-state index contributed by atoms with van der Waals surface area (Å²) in [4.78, 5) is 11.7. The number of nitrogens with one attached hydrogen (secondary N) is 1. The van der Waals surface area contributed by atoms with Gasteiger partial charge in [0.15, 0.2) is 0 Å². The summed E-state index contributed by atoms with van der Waals surface area (Å²) in [6.45, 7) is 4.62. The molecule has 4 heteroatoms. The lowest BCUT2D eigenvalue weighted by atomic mass is 10.1. The molecule has 0 radical (unpaired) electrons. The molecule has 0 fully saturated rings. The lowest BCUT2D eigenvalue weighted by molar-refractivity contribution is 0.114. The van der Waals surface area contributed by atoms with Crippen LogP contribution in [0.4, 0.5) is 10.5 Å². The van der Waals surface area contributed by atoms with E-state index in [9.17, 15) is 4.79 Å². The summed E-state index contributed by atoms with van der Waals surface area (Å²) < 4.78 is 5.32. The Labute approximate surface area is 121 Å². The highest BCUT2D eigenvalue weighted by Gasteiger charge is 2.09. The van der Waals surface area contributed by atoms with Crippen LogP contribution in [0.1, 0.15) is 51.5 Å². The number of carbonyl (C=O) groups excluding carboxylic acids is 1. The molecule has 1 aromatic carbocycles. The SMILES string of the molecule is CCCCCCC(C)OC(=O)Nc1ccc(CN)cc1. The van der Waals surface area contributed by atoms with Gasteiger partial charge in [-0.3, -0.25) is 5.32 Å². The molecule has 0 aliphatic rings. The number of benzene rings is 1. The fourth-order valence-corrected chi connectivity index (χ4v) is 1.97. The molecule has 1 atom stereocenters. The number of carbonyl (C=O) groups is 1. The Morgan fingerprint density at radius 1 is 1.25 bits per heavy atom. The van der Waals surface area contributed by atoms with Crippen molar-refractivity contribution in [2.75, 3.05) is 5.32 Å². The molecule has 0 spiro atoms. The number of nitrogens with two attached hydrogens (primary N) is 1. The van der Waals surface area contributed by atoms with Gasteiger partial charge >= 0.3 is 6.09 Å². The fourth-order valence-electron chi connectivity index (χ4n) is 1.97. The fraction of sp³-hybridized carbons (Fsp3) is 0.562. The first-order chi connectivity index (χ1) is 9.65. The second kappa shape index (κ2) is 9.37. The van der Waals surface area contributed by atoms with E-state index in [0.29, 0.717) is 6.54 Å². The molecule has 1 aromatic rings. The van der Waals surface area contributed by atoms with Gasteiger partial charge in [-0.05, 0) is 37.5 Å². The highest BCUT2D eigenvalue weighted by atomic mass is 16.6. The number of hydrogen-bond acceptors (Lipinski definition) is 3. The van der Waals surface area contributed by atoms with Gasteiger partial charge in [0.05, 0.1) is 0 Å². The molecule has 1 unspecified atom stereocenters. The first kappa shape index (κ1) is 16.5. The van der Waals surface area contributed by atoms with Crippen LogP contribution in [0.3, 0.4) is 0 Å². The lowest BCUT2D eigenvalue weighted by Crippen LogP contribution is -2.20. The van der Waals surface area contributed by atoms with E-state index >= 15 is 0 Å². The second-order valence-electron chi connectivity index (χ2n) is 5.09. The minimum atomic E-state index is -0.395. The van der Waals surface area contributed by atoms with Crippen LogP contribution < -0.4 is 11.1 Å². The third kappa shape index (κ3) is 6.57. The van der Waals surface area contributed by atoms with Gasteiger partial charge < -0.3 is 10.5 Å².